The molecule has 1 fully saturated rings. The number of thiazole rings is 1. The summed E-state index contributed by atoms with van der Waals surface area (Å²) >= 11 is 1.74. The van der Waals surface area contributed by atoms with Crippen molar-refractivity contribution in [2.75, 3.05) is 0 Å². The van der Waals surface area contributed by atoms with Crippen molar-refractivity contribution in [2.24, 2.45) is 17.6 Å². The molecule has 0 aromatic carbocycles. The number of nitrogens with two attached hydrogens (primary N) is 1. The molecule has 2 N–H and O–H groups in total. The Labute approximate surface area is 115 Å². The molecule has 1 aliphatic carbocycles. The topological polar surface area (TPSA) is 38.9 Å². The molecule has 18 heavy (non-hydrogen) atoms. The molecule has 1 aromatic heterocycles. The van der Waals surface area contributed by atoms with Crippen molar-refractivity contribution in [3.63, 3.8) is 0 Å². The first-order valence-corrected chi connectivity index (χ1v) is 7.97. The molecule has 1 unspecified atom stereocenters. The van der Waals surface area contributed by atoms with Crippen LogP contribution in [0.3, 0.4) is 0 Å². The average molecular weight is 266 g/mol. The first-order chi connectivity index (χ1) is 8.38. The normalized spacial score (nSPS) is 27.2. The van der Waals surface area contributed by atoms with Crippen molar-refractivity contribution in [1.29, 1.82) is 0 Å². The van der Waals surface area contributed by atoms with Crippen molar-refractivity contribution >= 4 is 11.3 Å². The molecule has 0 aliphatic heterocycles. The van der Waals surface area contributed by atoms with Gasteiger partial charge in [-0.2, -0.15) is 0 Å². The summed E-state index contributed by atoms with van der Waals surface area (Å²) in [4.78, 5) is 4.77. The summed E-state index contributed by atoms with van der Waals surface area (Å²) in [7, 11) is 0. The van der Waals surface area contributed by atoms with E-state index >= 15 is 0 Å². The molecule has 2 nitrogen and oxygen atoms in total. The monoisotopic (exact) mass is 266 g/mol. The number of rotatable bonds is 2. The number of hydrogen-bond acceptors (Lipinski definition) is 3. The van der Waals surface area contributed by atoms with Gasteiger partial charge in [-0.15, -0.1) is 11.3 Å². The third-order valence-corrected chi connectivity index (χ3v) is 5.09. The van der Waals surface area contributed by atoms with Gasteiger partial charge in [0.15, 0.2) is 0 Å². The lowest BCUT2D eigenvalue weighted by Crippen LogP contribution is -2.25. The van der Waals surface area contributed by atoms with Gasteiger partial charge in [-0.05, 0) is 24.7 Å². The van der Waals surface area contributed by atoms with E-state index in [1.165, 1.54) is 31.4 Å². The van der Waals surface area contributed by atoms with Gasteiger partial charge in [0.05, 0.1) is 11.7 Å². The molecule has 1 saturated carbocycles. The second-order valence-corrected chi connectivity index (χ2v) is 7.76. The smallest absolute Gasteiger partial charge is 0.110 e. The van der Waals surface area contributed by atoms with Crippen LogP contribution in [0.25, 0.3) is 0 Å². The van der Waals surface area contributed by atoms with Crippen LogP contribution >= 0.6 is 11.3 Å². The molecular formula is C15H26N2S. The van der Waals surface area contributed by atoms with Crippen LogP contribution in [0.5, 0.6) is 0 Å². The zero-order valence-electron chi connectivity index (χ0n) is 12.1. The minimum absolute atomic E-state index is 0.134. The Hall–Kier alpha value is -0.410. The summed E-state index contributed by atoms with van der Waals surface area (Å²) in [6.07, 6.45) is 5.20. The van der Waals surface area contributed by atoms with E-state index in [0.29, 0.717) is 5.92 Å². The lowest BCUT2D eigenvalue weighted by molar-refractivity contribution is 0.255. The van der Waals surface area contributed by atoms with E-state index < -0.39 is 0 Å². The van der Waals surface area contributed by atoms with Gasteiger partial charge in [-0.1, -0.05) is 40.5 Å². The van der Waals surface area contributed by atoms with Gasteiger partial charge >= 0.3 is 0 Å². The summed E-state index contributed by atoms with van der Waals surface area (Å²) in [6, 6.07) is 0.151. The van der Waals surface area contributed by atoms with Crippen LogP contribution < -0.4 is 5.73 Å². The third kappa shape index (κ3) is 3.12. The summed E-state index contributed by atoms with van der Waals surface area (Å²) in [5, 5.41) is 3.32. The van der Waals surface area contributed by atoms with Crippen LogP contribution in [0.2, 0.25) is 0 Å². The third-order valence-electron chi connectivity index (χ3n) is 4.14. The van der Waals surface area contributed by atoms with Gasteiger partial charge in [-0.25, -0.2) is 4.98 Å². The van der Waals surface area contributed by atoms with E-state index in [1.54, 1.807) is 11.3 Å². The highest BCUT2D eigenvalue weighted by molar-refractivity contribution is 7.09. The standard InChI is InChI=1S/C15H26N2S/c1-10-5-7-11(8-6-10)13(16)14-17-12(9-18-14)15(2,3)4/h9-11,13H,5-8,16H2,1-4H3. The van der Waals surface area contributed by atoms with Gasteiger partial charge in [0, 0.05) is 10.8 Å². The fourth-order valence-electron chi connectivity index (χ4n) is 2.63. The molecule has 0 amide bonds. The molecule has 2 rings (SSSR count). The highest BCUT2D eigenvalue weighted by Gasteiger charge is 2.27. The Bertz CT molecular complexity index is 383. The second kappa shape index (κ2) is 5.30. The van der Waals surface area contributed by atoms with Gasteiger partial charge in [0.25, 0.3) is 0 Å². The molecule has 1 aromatic rings. The molecule has 0 bridgehead atoms. The minimum atomic E-state index is 0.134. The van der Waals surface area contributed by atoms with Crippen molar-refractivity contribution in [1.82, 2.24) is 4.98 Å². The highest BCUT2D eigenvalue weighted by Crippen LogP contribution is 2.37. The van der Waals surface area contributed by atoms with E-state index in [-0.39, 0.29) is 11.5 Å². The Morgan fingerprint density at radius 2 is 1.89 bits per heavy atom. The number of aromatic nitrogens is 1. The van der Waals surface area contributed by atoms with Crippen molar-refractivity contribution in [3.8, 4) is 0 Å². The summed E-state index contributed by atoms with van der Waals surface area (Å²) in [6.45, 7) is 8.97. The molecule has 1 atom stereocenters. The molecule has 0 spiro atoms. The van der Waals surface area contributed by atoms with Crippen molar-refractivity contribution < 1.29 is 0 Å². The van der Waals surface area contributed by atoms with Crippen LogP contribution in [0.1, 0.15) is 70.1 Å². The van der Waals surface area contributed by atoms with Gasteiger partial charge in [0.1, 0.15) is 5.01 Å². The zero-order chi connectivity index (χ0) is 13.3. The van der Waals surface area contributed by atoms with Crippen molar-refractivity contribution in [3.05, 3.63) is 16.1 Å². The quantitative estimate of drug-likeness (QED) is 0.868. The van der Waals surface area contributed by atoms with Crippen LogP contribution in [0, 0.1) is 11.8 Å². The van der Waals surface area contributed by atoms with Crippen LogP contribution in [-0.2, 0) is 5.41 Å². The summed E-state index contributed by atoms with van der Waals surface area (Å²) in [5.74, 6) is 1.52. The van der Waals surface area contributed by atoms with E-state index in [4.69, 9.17) is 10.7 Å². The van der Waals surface area contributed by atoms with E-state index in [9.17, 15) is 0 Å². The minimum Gasteiger partial charge on any atom is -0.322 e. The van der Waals surface area contributed by atoms with Gasteiger partial charge < -0.3 is 5.73 Å². The fourth-order valence-corrected chi connectivity index (χ4v) is 3.77. The molecule has 1 aliphatic rings. The summed E-state index contributed by atoms with van der Waals surface area (Å²) < 4.78 is 0. The van der Waals surface area contributed by atoms with E-state index in [1.807, 2.05) is 0 Å². The van der Waals surface area contributed by atoms with Gasteiger partial charge in [-0.3, -0.25) is 0 Å². The molecule has 3 heteroatoms. The number of hydrogen-bond donors (Lipinski definition) is 1. The molecule has 0 saturated heterocycles. The lowest BCUT2D eigenvalue weighted by Gasteiger charge is -2.29. The van der Waals surface area contributed by atoms with E-state index in [2.05, 4.69) is 33.1 Å². The molecule has 102 valence electrons. The fraction of sp³-hybridized carbons (Fsp3) is 0.800. The Balaban J connectivity index is 2.05. The Morgan fingerprint density at radius 1 is 1.28 bits per heavy atom. The van der Waals surface area contributed by atoms with Crippen molar-refractivity contribution in [2.45, 2.75) is 64.8 Å². The lowest BCUT2D eigenvalue weighted by atomic mass is 9.79. The van der Waals surface area contributed by atoms with Crippen LogP contribution in [-0.4, -0.2) is 4.98 Å². The maximum absolute atomic E-state index is 6.42. The maximum Gasteiger partial charge on any atom is 0.110 e. The van der Waals surface area contributed by atoms with Crippen LogP contribution in [0.15, 0.2) is 5.38 Å². The maximum atomic E-state index is 6.42. The Kier molecular flexibility index (Phi) is 4.12. The largest absolute Gasteiger partial charge is 0.322 e. The molecular weight excluding hydrogens is 240 g/mol. The second-order valence-electron chi connectivity index (χ2n) is 6.87. The van der Waals surface area contributed by atoms with E-state index in [0.717, 1.165) is 10.9 Å². The average Bonchev–Trinajstić information content (AvgIpc) is 2.78. The Morgan fingerprint density at radius 3 is 2.39 bits per heavy atom. The SMILES string of the molecule is CC1CCC(C(N)c2nc(C(C)(C)C)cs2)CC1. The summed E-state index contributed by atoms with van der Waals surface area (Å²) in [5.41, 5.74) is 7.74. The first kappa shape index (κ1) is 14.0. The first-order valence-electron chi connectivity index (χ1n) is 7.09. The van der Waals surface area contributed by atoms with Crippen LogP contribution in [0.4, 0.5) is 0 Å². The number of nitrogens with zero attached hydrogens (tertiary/aromatic N) is 1. The highest BCUT2D eigenvalue weighted by atomic mass is 32.1. The predicted molar refractivity (Wildman–Crippen MR) is 78.9 cm³/mol. The molecule has 0 radical (unpaired) electrons. The molecule has 1 heterocycles. The predicted octanol–water partition coefficient (Wildman–Crippen LogP) is 4.27. The van der Waals surface area contributed by atoms with Gasteiger partial charge in [0.2, 0.25) is 0 Å². The zero-order valence-corrected chi connectivity index (χ0v) is 12.9.